The van der Waals surface area contributed by atoms with E-state index in [9.17, 15) is 0 Å². The smallest absolute Gasteiger partial charge is 0.0816 e. The maximum absolute atomic E-state index is 3.76. The van der Waals surface area contributed by atoms with Gasteiger partial charge in [0.15, 0.2) is 0 Å². The number of hydrogen-bond donors (Lipinski definition) is 0. The van der Waals surface area contributed by atoms with Crippen molar-refractivity contribution in [3.63, 3.8) is 0 Å². The summed E-state index contributed by atoms with van der Waals surface area (Å²) in [5.41, 5.74) is 0. The van der Waals surface area contributed by atoms with Gasteiger partial charge in [0.2, 0.25) is 0 Å². The highest BCUT2D eigenvalue weighted by molar-refractivity contribution is 9.09. The van der Waals surface area contributed by atoms with E-state index in [0.29, 0.717) is 0 Å². The van der Waals surface area contributed by atoms with Crippen molar-refractivity contribution < 1.29 is 0 Å². The van der Waals surface area contributed by atoms with Gasteiger partial charge in [0, 0.05) is 4.95 Å². The molecule has 0 nitrogen and oxygen atoms in total. The highest BCUT2D eigenvalue weighted by Crippen LogP contribution is 2.05. The molecule has 0 heterocycles. The number of rotatable bonds is 6. The van der Waals surface area contributed by atoms with E-state index in [1.807, 2.05) is 6.08 Å². The van der Waals surface area contributed by atoms with Crippen molar-refractivity contribution >= 4 is 29.9 Å². The van der Waals surface area contributed by atoms with E-state index in [2.05, 4.69) is 52.8 Å². The average molecular weight is 269 g/mol. The van der Waals surface area contributed by atoms with E-state index < -0.39 is 8.80 Å². The summed E-state index contributed by atoms with van der Waals surface area (Å²) in [6.07, 6.45) is 4.47. The van der Waals surface area contributed by atoms with Crippen molar-refractivity contribution in [2.45, 2.75) is 18.9 Å². The van der Waals surface area contributed by atoms with Crippen molar-refractivity contribution in [3.05, 3.63) is 43.0 Å². The summed E-state index contributed by atoms with van der Waals surface area (Å²) in [6, 6.07) is 12.3. The van der Waals surface area contributed by atoms with Crippen LogP contribution in [0.1, 0.15) is 12.8 Å². The van der Waals surface area contributed by atoms with E-state index >= 15 is 0 Å². The standard InChI is InChI=1S/C12H17BrSi/c1-2-3-7-10-14(11-13)12-8-5-4-6-9-12/h2,4-6,8-9,14H,1,3,7,10-11H2. The lowest BCUT2D eigenvalue weighted by Gasteiger charge is -2.11. The Hall–Kier alpha value is -0.343. The Labute approximate surface area is 96.8 Å². The van der Waals surface area contributed by atoms with Crippen molar-refractivity contribution in [3.8, 4) is 0 Å². The van der Waals surface area contributed by atoms with Crippen LogP contribution in [0.3, 0.4) is 0 Å². The minimum absolute atomic E-state index is 0.734. The summed E-state index contributed by atoms with van der Waals surface area (Å²) in [6.45, 7) is 3.76. The molecule has 0 aliphatic heterocycles. The van der Waals surface area contributed by atoms with Crippen molar-refractivity contribution in [2.24, 2.45) is 0 Å². The van der Waals surface area contributed by atoms with Crippen molar-refractivity contribution in [1.29, 1.82) is 0 Å². The molecular weight excluding hydrogens is 252 g/mol. The summed E-state index contributed by atoms with van der Waals surface area (Å²) in [5.74, 6) is 0. The number of alkyl halides is 1. The minimum atomic E-state index is -0.734. The monoisotopic (exact) mass is 268 g/mol. The summed E-state index contributed by atoms with van der Waals surface area (Å²) >= 11 is 3.64. The van der Waals surface area contributed by atoms with E-state index in [-0.39, 0.29) is 0 Å². The summed E-state index contributed by atoms with van der Waals surface area (Å²) in [7, 11) is -0.734. The maximum Gasteiger partial charge on any atom is 0.0816 e. The van der Waals surface area contributed by atoms with Gasteiger partial charge >= 0.3 is 0 Å². The van der Waals surface area contributed by atoms with Gasteiger partial charge in [0.25, 0.3) is 0 Å². The molecule has 0 spiro atoms. The van der Waals surface area contributed by atoms with Crippen LogP contribution < -0.4 is 5.19 Å². The maximum atomic E-state index is 3.76. The van der Waals surface area contributed by atoms with Gasteiger partial charge in [0.05, 0.1) is 8.80 Å². The lowest BCUT2D eigenvalue weighted by molar-refractivity contribution is 0.948. The quantitative estimate of drug-likeness (QED) is 0.322. The Morgan fingerprint density at radius 2 is 2.00 bits per heavy atom. The van der Waals surface area contributed by atoms with Gasteiger partial charge in [-0.2, -0.15) is 0 Å². The van der Waals surface area contributed by atoms with Gasteiger partial charge in [-0.05, 0) is 6.42 Å². The Morgan fingerprint density at radius 1 is 1.29 bits per heavy atom. The zero-order valence-corrected chi connectivity index (χ0v) is 11.2. The third kappa shape index (κ3) is 3.80. The first kappa shape index (κ1) is 11.7. The van der Waals surface area contributed by atoms with Crippen molar-refractivity contribution in [2.75, 3.05) is 4.95 Å². The molecule has 14 heavy (non-hydrogen) atoms. The van der Waals surface area contributed by atoms with Crippen LogP contribution in [-0.2, 0) is 0 Å². The molecular formula is C12H17BrSi. The predicted molar refractivity (Wildman–Crippen MR) is 71.3 cm³/mol. The third-order valence-electron chi connectivity index (χ3n) is 2.42. The highest BCUT2D eigenvalue weighted by atomic mass is 79.9. The van der Waals surface area contributed by atoms with Crippen LogP contribution in [0, 0.1) is 0 Å². The van der Waals surface area contributed by atoms with Crippen LogP contribution in [-0.4, -0.2) is 13.8 Å². The van der Waals surface area contributed by atoms with Gasteiger partial charge in [-0.15, -0.1) is 6.58 Å². The Kier molecular flexibility index (Phi) is 5.88. The van der Waals surface area contributed by atoms with Gasteiger partial charge in [-0.25, -0.2) is 0 Å². The Morgan fingerprint density at radius 3 is 2.57 bits per heavy atom. The number of allylic oxidation sites excluding steroid dienone is 1. The third-order valence-corrected chi connectivity index (χ3v) is 7.57. The van der Waals surface area contributed by atoms with Crippen LogP contribution in [0.15, 0.2) is 43.0 Å². The Balaban J connectivity index is 2.50. The molecule has 1 rings (SSSR count). The molecule has 1 aromatic carbocycles. The molecule has 0 aliphatic rings. The van der Waals surface area contributed by atoms with Crippen LogP contribution in [0.25, 0.3) is 0 Å². The molecule has 0 saturated heterocycles. The van der Waals surface area contributed by atoms with Gasteiger partial charge < -0.3 is 0 Å². The molecule has 0 amide bonds. The average Bonchev–Trinajstić information content (AvgIpc) is 2.26. The van der Waals surface area contributed by atoms with Gasteiger partial charge in [-0.1, -0.05) is 70.0 Å². The minimum Gasteiger partial charge on any atom is -0.103 e. The fraction of sp³-hybridized carbons (Fsp3) is 0.333. The van der Waals surface area contributed by atoms with E-state index in [1.165, 1.54) is 17.4 Å². The normalized spacial score (nSPS) is 12.4. The molecule has 76 valence electrons. The zero-order chi connectivity index (χ0) is 10.2. The fourth-order valence-corrected chi connectivity index (χ4v) is 5.82. The first-order valence-corrected chi connectivity index (χ1v) is 8.43. The lowest BCUT2D eigenvalue weighted by atomic mass is 10.3. The summed E-state index contributed by atoms with van der Waals surface area (Å²) in [4.78, 5) is 1.19. The SMILES string of the molecule is C=CCCC[SiH](CBr)c1ccccc1. The second kappa shape index (κ2) is 7.02. The van der Waals surface area contributed by atoms with Crippen LogP contribution in [0.5, 0.6) is 0 Å². The van der Waals surface area contributed by atoms with Crippen LogP contribution in [0.4, 0.5) is 0 Å². The van der Waals surface area contributed by atoms with Crippen LogP contribution >= 0.6 is 15.9 Å². The largest absolute Gasteiger partial charge is 0.103 e. The molecule has 0 radical (unpaired) electrons. The zero-order valence-electron chi connectivity index (χ0n) is 8.45. The predicted octanol–water partition coefficient (Wildman–Crippen LogP) is 3.02. The molecule has 0 N–H and O–H groups in total. The molecule has 1 atom stereocenters. The molecule has 0 saturated carbocycles. The molecule has 0 aromatic heterocycles. The number of halogens is 1. The molecule has 0 fully saturated rings. The molecule has 0 bridgehead atoms. The van der Waals surface area contributed by atoms with E-state index in [4.69, 9.17) is 0 Å². The fourth-order valence-electron chi connectivity index (χ4n) is 1.57. The van der Waals surface area contributed by atoms with Crippen LogP contribution in [0.2, 0.25) is 6.04 Å². The number of unbranched alkanes of at least 4 members (excludes halogenated alkanes) is 1. The Bertz CT molecular complexity index is 258. The molecule has 1 aromatic rings. The van der Waals surface area contributed by atoms with E-state index in [0.717, 1.165) is 6.42 Å². The lowest BCUT2D eigenvalue weighted by Crippen LogP contribution is -2.31. The topological polar surface area (TPSA) is 0 Å². The first-order chi connectivity index (χ1) is 6.88. The molecule has 0 aliphatic carbocycles. The molecule has 2 heteroatoms. The van der Waals surface area contributed by atoms with E-state index in [1.54, 1.807) is 5.19 Å². The summed E-state index contributed by atoms with van der Waals surface area (Å²) < 4.78 is 0. The molecule has 1 unspecified atom stereocenters. The van der Waals surface area contributed by atoms with Crippen molar-refractivity contribution in [1.82, 2.24) is 0 Å². The van der Waals surface area contributed by atoms with Gasteiger partial charge in [0.1, 0.15) is 0 Å². The van der Waals surface area contributed by atoms with Gasteiger partial charge in [-0.3, -0.25) is 0 Å². The number of hydrogen-bond acceptors (Lipinski definition) is 0. The first-order valence-electron chi connectivity index (χ1n) is 5.10. The highest BCUT2D eigenvalue weighted by Gasteiger charge is 2.10. The second-order valence-corrected chi connectivity index (χ2v) is 8.37. The summed E-state index contributed by atoms with van der Waals surface area (Å²) in [5, 5.41) is 1.58. The second-order valence-electron chi connectivity index (χ2n) is 3.48. The number of benzene rings is 1.